The van der Waals surface area contributed by atoms with Crippen molar-refractivity contribution in [3.8, 4) is 0 Å². The van der Waals surface area contributed by atoms with Gasteiger partial charge in [0.1, 0.15) is 6.04 Å². The largest absolute Gasteiger partial charge is 0.357 e. The van der Waals surface area contributed by atoms with Gasteiger partial charge in [-0.1, -0.05) is 6.92 Å². The molecule has 0 spiro atoms. The quantitative estimate of drug-likeness (QED) is 0.760. The van der Waals surface area contributed by atoms with Crippen LogP contribution in [-0.2, 0) is 9.59 Å². The Labute approximate surface area is 109 Å². The van der Waals surface area contributed by atoms with Crippen molar-refractivity contribution in [3.05, 3.63) is 0 Å². The third-order valence-electron chi connectivity index (χ3n) is 3.26. The van der Waals surface area contributed by atoms with E-state index in [-0.39, 0.29) is 42.2 Å². The van der Waals surface area contributed by atoms with Gasteiger partial charge in [0.15, 0.2) is 0 Å². The van der Waals surface area contributed by atoms with Gasteiger partial charge in [-0.25, -0.2) is 0 Å². The Morgan fingerprint density at radius 2 is 2.00 bits per heavy atom. The molecule has 0 aromatic heterocycles. The predicted molar refractivity (Wildman–Crippen MR) is 68.9 cm³/mol. The minimum Gasteiger partial charge on any atom is -0.357 e. The van der Waals surface area contributed by atoms with Crippen LogP contribution in [0.25, 0.3) is 0 Å². The molecule has 1 heterocycles. The van der Waals surface area contributed by atoms with Gasteiger partial charge in [-0.3, -0.25) is 9.59 Å². The number of hydrogen-bond acceptors (Lipinski definition) is 3. The number of nitrogens with one attached hydrogen (secondary N) is 1. The predicted octanol–water partition coefficient (Wildman–Crippen LogP) is 0.128. The molecule has 0 radical (unpaired) electrons. The third-order valence-corrected chi connectivity index (χ3v) is 3.26. The van der Waals surface area contributed by atoms with Crippen molar-refractivity contribution in [2.45, 2.75) is 38.8 Å². The molecule has 17 heavy (non-hydrogen) atoms. The Morgan fingerprint density at radius 1 is 1.41 bits per heavy atom. The van der Waals surface area contributed by atoms with Gasteiger partial charge in [0.25, 0.3) is 0 Å². The van der Waals surface area contributed by atoms with E-state index in [2.05, 4.69) is 5.32 Å². The van der Waals surface area contributed by atoms with Crippen LogP contribution >= 0.6 is 12.4 Å². The maximum Gasteiger partial charge on any atom is 0.242 e. The summed E-state index contributed by atoms with van der Waals surface area (Å²) in [5.41, 5.74) is 5.71. The molecular weight excluding hydrogens is 242 g/mol. The number of rotatable bonds is 3. The molecule has 1 rings (SSSR count). The van der Waals surface area contributed by atoms with E-state index in [0.29, 0.717) is 6.54 Å². The summed E-state index contributed by atoms with van der Waals surface area (Å²) >= 11 is 0. The number of hydrogen-bond donors (Lipinski definition) is 2. The highest BCUT2D eigenvalue weighted by Crippen LogP contribution is 2.20. The highest BCUT2D eigenvalue weighted by Gasteiger charge is 2.36. The van der Waals surface area contributed by atoms with Gasteiger partial charge in [0, 0.05) is 19.6 Å². The zero-order valence-corrected chi connectivity index (χ0v) is 11.4. The summed E-state index contributed by atoms with van der Waals surface area (Å²) < 4.78 is 0. The van der Waals surface area contributed by atoms with Gasteiger partial charge in [-0.2, -0.15) is 0 Å². The van der Waals surface area contributed by atoms with Crippen LogP contribution in [0, 0.1) is 5.92 Å². The number of likely N-dealkylation sites (N-methyl/N-ethyl adjacent to an activating group) is 1. The molecule has 1 saturated heterocycles. The number of amides is 2. The lowest BCUT2D eigenvalue weighted by Crippen LogP contribution is -2.49. The van der Waals surface area contributed by atoms with Crippen LogP contribution in [-0.4, -0.2) is 42.4 Å². The molecule has 3 atom stereocenters. The molecule has 3 unspecified atom stereocenters. The molecule has 1 aliphatic heterocycles. The zero-order valence-electron chi connectivity index (χ0n) is 10.6. The Kier molecular flexibility index (Phi) is 6.49. The van der Waals surface area contributed by atoms with Crippen LogP contribution in [0.4, 0.5) is 0 Å². The highest BCUT2D eigenvalue weighted by molar-refractivity contribution is 5.89. The molecule has 3 N–H and O–H groups in total. The van der Waals surface area contributed by atoms with Crippen molar-refractivity contribution < 1.29 is 9.59 Å². The topological polar surface area (TPSA) is 75.4 Å². The van der Waals surface area contributed by atoms with Crippen molar-refractivity contribution in [1.29, 1.82) is 0 Å². The van der Waals surface area contributed by atoms with Crippen molar-refractivity contribution >= 4 is 24.2 Å². The smallest absolute Gasteiger partial charge is 0.242 e. The van der Waals surface area contributed by atoms with E-state index < -0.39 is 0 Å². The second-order valence-corrected chi connectivity index (χ2v) is 4.45. The fourth-order valence-corrected chi connectivity index (χ4v) is 1.96. The fourth-order valence-electron chi connectivity index (χ4n) is 1.96. The summed E-state index contributed by atoms with van der Waals surface area (Å²) in [7, 11) is 1.60. The van der Waals surface area contributed by atoms with E-state index in [1.165, 1.54) is 0 Å². The summed E-state index contributed by atoms with van der Waals surface area (Å²) in [5, 5.41) is 2.60. The van der Waals surface area contributed by atoms with Crippen molar-refractivity contribution in [3.63, 3.8) is 0 Å². The summed E-state index contributed by atoms with van der Waals surface area (Å²) in [6.07, 6.45) is 1.63. The van der Waals surface area contributed by atoms with Gasteiger partial charge in [0.2, 0.25) is 11.8 Å². The third kappa shape index (κ3) is 3.57. The van der Waals surface area contributed by atoms with Crippen LogP contribution in [0.15, 0.2) is 0 Å². The van der Waals surface area contributed by atoms with E-state index in [1.54, 1.807) is 11.9 Å². The van der Waals surface area contributed by atoms with Gasteiger partial charge < -0.3 is 16.0 Å². The van der Waals surface area contributed by atoms with Crippen LogP contribution in [0.1, 0.15) is 26.7 Å². The number of halogens is 1. The minimum atomic E-state index is -0.307. The maximum absolute atomic E-state index is 12.1. The second kappa shape index (κ2) is 6.81. The molecule has 5 nitrogen and oxygen atoms in total. The molecular formula is C11H22ClN3O2. The second-order valence-electron chi connectivity index (χ2n) is 4.45. The summed E-state index contributed by atoms with van der Waals surface area (Å²) in [5.74, 6) is -0.325. The van der Waals surface area contributed by atoms with E-state index in [0.717, 1.165) is 12.8 Å². The first-order valence-corrected chi connectivity index (χ1v) is 5.76. The lowest BCUT2D eigenvalue weighted by Gasteiger charge is -2.27. The molecule has 0 saturated carbocycles. The molecule has 0 aromatic carbocycles. The Bertz CT molecular complexity index is 284. The lowest BCUT2D eigenvalue weighted by atomic mass is 10.0. The summed E-state index contributed by atoms with van der Waals surface area (Å²) in [6.45, 7) is 4.29. The number of carbonyl (C=O) groups excluding carboxylic acids is 2. The Morgan fingerprint density at radius 3 is 2.47 bits per heavy atom. The Hall–Kier alpha value is -0.810. The van der Waals surface area contributed by atoms with Gasteiger partial charge in [-0.15, -0.1) is 12.4 Å². The van der Waals surface area contributed by atoms with E-state index in [4.69, 9.17) is 5.73 Å². The molecule has 6 heteroatoms. The first-order chi connectivity index (χ1) is 7.49. The van der Waals surface area contributed by atoms with Gasteiger partial charge in [0.05, 0.1) is 5.92 Å². The molecule has 0 aliphatic carbocycles. The van der Waals surface area contributed by atoms with Crippen LogP contribution < -0.4 is 11.1 Å². The molecule has 0 aromatic rings. The molecule has 1 fully saturated rings. The summed E-state index contributed by atoms with van der Waals surface area (Å²) in [4.78, 5) is 25.3. The highest BCUT2D eigenvalue weighted by atomic mass is 35.5. The van der Waals surface area contributed by atoms with Crippen molar-refractivity contribution in [1.82, 2.24) is 10.2 Å². The molecule has 1 aliphatic rings. The van der Waals surface area contributed by atoms with Gasteiger partial charge in [-0.05, 0) is 19.8 Å². The maximum atomic E-state index is 12.1. The number of nitrogens with two attached hydrogens (primary N) is 1. The summed E-state index contributed by atoms with van der Waals surface area (Å²) in [6, 6.07) is -0.489. The SMILES string of the molecule is CNC(=O)C1CCCN1C(=O)C(C)C(C)N.Cl. The number of nitrogens with zero attached hydrogens (tertiary/aromatic N) is 1. The monoisotopic (exact) mass is 263 g/mol. The van der Waals surface area contributed by atoms with Crippen LogP contribution in [0.3, 0.4) is 0 Å². The first kappa shape index (κ1) is 16.2. The lowest BCUT2D eigenvalue weighted by molar-refractivity contribution is -0.141. The van der Waals surface area contributed by atoms with Crippen LogP contribution in [0.2, 0.25) is 0 Å². The van der Waals surface area contributed by atoms with Gasteiger partial charge >= 0.3 is 0 Å². The normalized spacial score (nSPS) is 22.6. The Balaban J connectivity index is 0.00000256. The van der Waals surface area contributed by atoms with Crippen LogP contribution in [0.5, 0.6) is 0 Å². The van der Waals surface area contributed by atoms with Crippen molar-refractivity contribution in [2.75, 3.05) is 13.6 Å². The zero-order chi connectivity index (χ0) is 12.3. The molecule has 0 bridgehead atoms. The average molecular weight is 264 g/mol. The molecule has 2 amide bonds. The van der Waals surface area contributed by atoms with Crippen molar-refractivity contribution in [2.24, 2.45) is 11.7 Å². The average Bonchev–Trinajstić information content (AvgIpc) is 2.74. The fraction of sp³-hybridized carbons (Fsp3) is 0.818. The van der Waals surface area contributed by atoms with E-state index in [9.17, 15) is 9.59 Å². The van der Waals surface area contributed by atoms with E-state index >= 15 is 0 Å². The molecule has 100 valence electrons. The minimum absolute atomic E-state index is 0. The van der Waals surface area contributed by atoms with E-state index in [1.807, 2.05) is 13.8 Å². The number of carbonyl (C=O) groups is 2. The standard InChI is InChI=1S/C11H21N3O2.ClH/c1-7(8(2)12)11(16)14-6-4-5-9(14)10(15)13-3;/h7-9H,4-6,12H2,1-3H3,(H,13,15);1H. The number of likely N-dealkylation sites (tertiary alicyclic amines) is 1. The first-order valence-electron chi connectivity index (χ1n) is 5.76.